The van der Waals surface area contributed by atoms with Crippen LogP contribution in [0.15, 0.2) is 0 Å². The van der Waals surface area contributed by atoms with Crippen molar-refractivity contribution in [1.29, 1.82) is 0 Å². The second-order valence-electron chi connectivity index (χ2n) is 2.04. The fraction of sp³-hybridized carbons (Fsp3) is 1.00. The summed E-state index contributed by atoms with van der Waals surface area (Å²) < 4.78 is 23.0. The van der Waals surface area contributed by atoms with Crippen molar-refractivity contribution in [3.8, 4) is 0 Å². The van der Waals surface area contributed by atoms with Crippen molar-refractivity contribution in [2.24, 2.45) is 0 Å². The fourth-order valence-corrected chi connectivity index (χ4v) is 1.28. The first-order valence-electron chi connectivity index (χ1n) is 2.39. The monoisotopic (exact) mass is 160 g/mol. The minimum atomic E-state index is -2.97. The van der Waals surface area contributed by atoms with Crippen LogP contribution < -0.4 is 34.3 Å². The van der Waals surface area contributed by atoms with E-state index in [4.69, 9.17) is 0 Å². The smallest absolute Gasteiger partial charge is 0.213 e. The van der Waals surface area contributed by atoms with Crippen molar-refractivity contribution in [3.63, 3.8) is 0 Å². The van der Waals surface area contributed by atoms with Crippen LogP contribution in [0.25, 0.3) is 0 Å². The molecule has 0 aromatic rings. The van der Waals surface area contributed by atoms with Crippen molar-refractivity contribution >= 4 is 10.0 Å². The van der Waals surface area contributed by atoms with E-state index in [-0.39, 0.29) is 35.6 Å². The third kappa shape index (κ3) is 12.2. The quantitative estimate of drug-likeness (QED) is 0.436. The molecule has 3 nitrogen and oxygen atoms in total. The molecule has 0 aliphatic carbocycles. The van der Waals surface area contributed by atoms with Crippen molar-refractivity contribution < 1.29 is 38.0 Å². The molecule has 0 aliphatic rings. The molecular formula is C4H11NNaO2S+. The van der Waals surface area contributed by atoms with E-state index >= 15 is 0 Å². The standard InChI is InChI=1S/C4H11NO2S.Na/c1-4(2)5-8(3,6)7;/h4-5H,1-3H3;/q;+1. The molecular weight excluding hydrogens is 149 g/mol. The number of hydrogen-bond acceptors (Lipinski definition) is 2. The molecule has 0 amide bonds. The van der Waals surface area contributed by atoms with E-state index in [1.165, 1.54) is 0 Å². The maximum atomic E-state index is 10.3. The molecule has 0 aliphatic heterocycles. The molecule has 5 heteroatoms. The number of hydrogen-bond donors (Lipinski definition) is 1. The zero-order chi connectivity index (χ0) is 6.78. The third-order valence-corrected chi connectivity index (χ3v) is 1.35. The molecule has 0 bridgehead atoms. The van der Waals surface area contributed by atoms with Gasteiger partial charge in [-0.05, 0) is 13.8 Å². The molecule has 0 saturated heterocycles. The van der Waals surface area contributed by atoms with Crippen LogP contribution in [0.5, 0.6) is 0 Å². The van der Waals surface area contributed by atoms with Crippen LogP contribution >= 0.6 is 0 Å². The van der Waals surface area contributed by atoms with E-state index < -0.39 is 10.0 Å². The summed E-state index contributed by atoms with van der Waals surface area (Å²) in [6, 6.07) is 0.00463. The predicted molar refractivity (Wildman–Crippen MR) is 33.1 cm³/mol. The molecule has 0 aromatic heterocycles. The van der Waals surface area contributed by atoms with E-state index in [0.29, 0.717) is 0 Å². The summed E-state index contributed by atoms with van der Waals surface area (Å²) in [5.74, 6) is 0. The summed E-state index contributed by atoms with van der Waals surface area (Å²) in [5, 5.41) is 0. The van der Waals surface area contributed by atoms with E-state index in [9.17, 15) is 8.42 Å². The molecule has 0 saturated carbocycles. The van der Waals surface area contributed by atoms with Gasteiger partial charge >= 0.3 is 29.6 Å². The summed E-state index contributed by atoms with van der Waals surface area (Å²) in [5.41, 5.74) is 0. The normalized spacial score (nSPS) is 11.1. The van der Waals surface area contributed by atoms with Gasteiger partial charge in [0.15, 0.2) is 0 Å². The fourth-order valence-electron chi connectivity index (χ4n) is 0.428. The molecule has 9 heavy (non-hydrogen) atoms. The minimum Gasteiger partial charge on any atom is -0.213 e. The summed E-state index contributed by atoms with van der Waals surface area (Å²) >= 11 is 0. The maximum absolute atomic E-state index is 10.3. The van der Waals surface area contributed by atoms with E-state index in [0.717, 1.165) is 6.26 Å². The minimum absolute atomic E-state index is 0. The first-order chi connectivity index (χ1) is 3.42. The van der Waals surface area contributed by atoms with Gasteiger partial charge in [0.05, 0.1) is 6.26 Å². The van der Waals surface area contributed by atoms with E-state index in [2.05, 4.69) is 4.72 Å². The Kier molecular flexibility index (Phi) is 6.54. The molecule has 0 unspecified atom stereocenters. The van der Waals surface area contributed by atoms with Crippen LogP contribution in [0, 0.1) is 0 Å². The van der Waals surface area contributed by atoms with Crippen molar-refractivity contribution in [3.05, 3.63) is 0 Å². The van der Waals surface area contributed by atoms with Crippen LogP contribution in [0.1, 0.15) is 13.8 Å². The second kappa shape index (κ2) is 4.68. The van der Waals surface area contributed by atoms with Crippen molar-refractivity contribution in [2.75, 3.05) is 6.26 Å². The Morgan fingerprint density at radius 2 is 1.67 bits per heavy atom. The first-order valence-corrected chi connectivity index (χ1v) is 4.28. The molecule has 0 rings (SSSR count). The Morgan fingerprint density at radius 3 is 1.67 bits per heavy atom. The molecule has 0 spiro atoms. The Labute approximate surface area is 78.6 Å². The van der Waals surface area contributed by atoms with Crippen LogP contribution in [-0.2, 0) is 10.0 Å². The summed E-state index contributed by atoms with van der Waals surface area (Å²) in [4.78, 5) is 0. The van der Waals surface area contributed by atoms with Crippen LogP contribution in [-0.4, -0.2) is 20.7 Å². The van der Waals surface area contributed by atoms with Gasteiger partial charge in [-0.2, -0.15) is 0 Å². The van der Waals surface area contributed by atoms with Gasteiger partial charge in [-0.25, -0.2) is 13.1 Å². The van der Waals surface area contributed by atoms with Gasteiger partial charge in [0.2, 0.25) is 10.0 Å². The van der Waals surface area contributed by atoms with Crippen molar-refractivity contribution in [1.82, 2.24) is 4.72 Å². The Hall–Kier alpha value is 0.910. The molecule has 0 radical (unpaired) electrons. The van der Waals surface area contributed by atoms with Gasteiger partial charge in [0, 0.05) is 6.04 Å². The molecule has 0 atom stereocenters. The van der Waals surface area contributed by atoms with Gasteiger partial charge in [0.1, 0.15) is 0 Å². The first kappa shape index (κ1) is 12.6. The largest absolute Gasteiger partial charge is 1.00 e. The van der Waals surface area contributed by atoms with Gasteiger partial charge in [-0.1, -0.05) is 0 Å². The molecule has 0 fully saturated rings. The van der Waals surface area contributed by atoms with E-state index in [1.807, 2.05) is 0 Å². The van der Waals surface area contributed by atoms with Crippen LogP contribution in [0.3, 0.4) is 0 Å². The van der Waals surface area contributed by atoms with E-state index in [1.54, 1.807) is 13.8 Å². The summed E-state index contributed by atoms with van der Waals surface area (Å²) in [6.07, 6.45) is 1.15. The summed E-state index contributed by atoms with van der Waals surface area (Å²) in [7, 11) is -2.97. The molecule has 0 aromatic carbocycles. The Balaban J connectivity index is 0. The maximum Gasteiger partial charge on any atom is 1.00 e. The molecule has 1 N–H and O–H groups in total. The zero-order valence-corrected chi connectivity index (χ0v) is 9.12. The average molecular weight is 160 g/mol. The summed E-state index contributed by atoms with van der Waals surface area (Å²) in [6.45, 7) is 3.56. The second-order valence-corrected chi connectivity index (χ2v) is 3.82. The van der Waals surface area contributed by atoms with Crippen LogP contribution in [0.4, 0.5) is 0 Å². The van der Waals surface area contributed by atoms with Crippen molar-refractivity contribution in [2.45, 2.75) is 19.9 Å². The van der Waals surface area contributed by atoms with Gasteiger partial charge in [-0.3, -0.25) is 0 Å². The van der Waals surface area contributed by atoms with Gasteiger partial charge in [-0.15, -0.1) is 0 Å². The number of nitrogens with one attached hydrogen (secondary N) is 1. The predicted octanol–water partition coefficient (Wildman–Crippen LogP) is -3.05. The average Bonchev–Trinajstić information content (AvgIpc) is 1.21. The molecule has 50 valence electrons. The van der Waals surface area contributed by atoms with Gasteiger partial charge in [0.25, 0.3) is 0 Å². The SMILES string of the molecule is CC(C)NS(C)(=O)=O.[Na+]. The molecule has 0 heterocycles. The van der Waals surface area contributed by atoms with Gasteiger partial charge < -0.3 is 0 Å². The Morgan fingerprint density at radius 1 is 1.33 bits per heavy atom. The number of sulfonamides is 1. The Bertz CT molecular complexity index is 152. The zero-order valence-electron chi connectivity index (χ0n) is 6.30. The van der Waals surface area contributed by atoms with Crippen LogP contribution in [0.2, 0.25) is 0 Å². The topological polar surface area (TPSA) is 46.2 Å². The third-order valence-electron chi connectivity index (χ3n) is 0.450. The number of rotatable bonds is 2.